The maximum absolute atomic E-state index is 12.2. The molecule has 0 spiro atoms. The number of ether oxygens (including phenoxy) is 2. The molecule has 0 aliphatic carbocycles. The van der Waals surface area contributed by atoms with Crippen LogP contribution < -0.4 is 0 Å². The van der Waals surface area contributed by atoms with Gasteiger partial charge in [-0.1, -0.05) is 55.7 Å². The average molecular weight is 796 g/mol. The monoisotopic (exact) mass is 795 g/mol. The first kappa shape index (κ1) is 46.8. The lowest BCUT2D eigenvalue weighted by Gasteiger charge is -2.27. The fourth-order valence-corrected chi connectivity index (χ4v) is 7.45. The Balaban J connectivity index is 0.000000396. The van der Waals surface area contributed by atoms with Crippen LogP contribution in [0.5, 0.6) is 0 Å². The van der Waals surface area contributed by atoms with Gasteiger partial charge in [-0.2, -0.15) is 12.6 Å². The minimum absolute atomic E-state index is 0.218. The van der Waals surface area contributed by atoms with Crippen LogP contribution in [0.25, 0.3) is 0 Å². The maximum Gasteiger partial charge on any atom is 0.410 e. The predicted octanol–water partition coefficient (Wildman–Crippen LogP) is 11.1. The molecule has 0 N–H and O–H groups in total. The summed E-state index contributed by atoms with van der Waals surface area (Å²) in [7, 11) is 6.58. The number of amides is 2. The highest BCUT2D eigenvalue weighted by molar-refractivity contribution is 8.77. The standard InChI is InChI=1S/C16H26N2O2S2.C11H23NO2S.C10H8N2S2/c1-5-6-11-18(15(19)20-16(2,3)4)12-13-21-22-14-9-7-8-10-17-14;1-5-6-7-12(8-9-15)10(13)14-11(2,3)4;1-3-7-11-9(5-1)13-14-10-6-2-4-8-12-10/h7-10H,5-6,11-13H2,1-4H3;15H,5-9H2,1-4H3;1-8H. The van der Waals surface area contributed by atoms with Crippen LogP contribution in [0.4, 0.5) is 9.59 Å². The Labute approximate surface area is 328 Å². The molecule has 3 rings (SSSR count). The lowest BCUT2D eigenvalue weighted by molar-refractivity contribution is 0.0249. The lowest BCUT2D eigenvalue weighted by atomic mass is 10.2. The van der Waals surface area contributed by atoms with Gasteiger partial charge < -0.3 is 19.3 Å². The summed E-state index contributed by atoms with van der Waals surface area (Å²) in [5.41, 5.74) is -0.866. The number of aromatic nitrogens is 3. The van der Waals surface area contributed by atoms with Crippen LogP contribution in [0.15, 0.2) is 88.3 Å². The number of nitrogens with zero attached hydrogens (tertiary/aromatic N) is 5. The molecule has 0 aliphatic heterocycles. The number of thiol groups is 1. The fraction of sp³-hybridized carbons (Fsp3) is 0.541. The van der Waals surface area contributed by atoms with Gasteiger partial charge in [-0.05, 0) is 123 Å². The van der Waals surface area contributed by atoms with Gasteiger partial charge in [0.2, 0.25) is 0 Å². The van der Waals surface area contributed by atoms with Crippen molar-refractivity contribution in [2.75, 3.05) is 37.7 Å². The van der Waals surface area contributed by atoms with Crippen molar-refractivity contribution in [2.45, 2.75) is 107 Å². The Morgan fingerprint density at radius 3 is 1.35 bits per heavy atom. The summed E-state index contributed by atoms with van der Waals surface area (Å²) >= 11 is 4.14. The summed E-state index contributed by atoms with van der Waals surface area (Å²) in [6.07, 6.45) is 9.07. The molecule has 9 nitrogen and oxygen atoms in total. The van der Waals surface area contributed by atoms with Crippen molar-refractivity contribution in [3.63, 3.8) is 0 Å². The van der Waals surface area contributed by atoms with E-state index in [1.807, 2.05) is 96.1 Å². The van der Waals surface area contributed by atoms with E-state index in [0.717, 1.165) is 59.6 Å². The van der Waals surface area contributed by atoms with Gasteiger partial charge in [0.25, 0.3) is 0 Å². The lowest BCUT2D eigenvalue weighted by Crippen LogP contribution is -2.38. The van der Waals surface area contributed by atoms with Crippen LogP contribution >= 0.6 is 55.8 Å². The van der Waals surface area contributed by atoms with Crippen LogP contribution in [-0.4, -0.2) is 85.8 Å². The molecule has 284 valence electrons. The van der Waals surface area contributed by atoms with E-state index < -0.39 is 11.2 Å². The molecule has 0 saturated heterocycles. The highest BCUT2D eigenvalue weighted by Crippen LogP contribution is 2.34. The molecule has 0 unspecified atom stereocenters. The van der Waals surface area contributed by atoms with Gasteiger partial charge in [0.15, 0.2) is 0 Å². The fourth-order valence-electron chi connectivity index (χ4n) is 3.58. The van der Waals surface area contributed by atoms with Gasteiger partial charge in [0.1, 0.15) is 26.3 Å². The van der Waals surface area contributed by atoms with Gasteiger partial charge in [0.05, 0.1) is 0 Å². The zero-order chi connectivity index (χ0) is 38.0. The molecule has 0 aliphatic rings. The van der Waals surface area contributed by atoms with Crippen molar-refractivity contribution in [3.8, 4) is 0 Å². The Morgan fingerprint density at radius 2 is 1.02 bits per heavy atom. The summed E-state index contributed by atoms with van der Waals surface area (Å²) in [4.78, 5) is 40.1. The third kappa shape index (κ3) is 25.4. The topological polar surface area (TPSA) is 97.8 Å². The Hall–Kier alpha value is -2.26. The number of unbranched alkanes of at least 4 members (excludes halogenated alkanes) is 2. The molecular weight excluding hydrogens is 739 g/mol. The van der Waals surface area contributed by atoms with Crippen molar-refractivity contribution < 1.29 is 19.1 Å². The zero-order valence-corrected chi connectivity index (χ0v) is 35.6. The van der Waals surface area contributed by atoms with E-state index in [1.54, 1.807) is 71.6 Å². The second-order valence-corrected chi connectivity index (χ2v) is 18.0. The predicted molar refractivity (Wildman–Crippen MR) is 222 cm³/mol. The third-order valence-electron chi connectivity index (χ3n) is 5.95. The van der Waals surface area contributed by atoms with E-state index in [0.29, 0.717) is 18.8 Å². The number of pyridine rings is 3. The molecule has 0 radical (unpaired) electrons. The largest absolute Gasteiger partial charge is 0.444 e. The van der Waals surface area contributed by atoms with Crippen LogP contribution in [0, 0.1) is 0 Å². The average Bonchev–Trinajstić information content (AvgIpc) is 3.09. The number of rotatable bonds is 16. The van der Waals surface area contributed by atoms with Crippen molar-refractivity contribution in [3.05, 3.63) is 73.2 Å². The molecule has 14 heteroatoms. The molecular formula is C37H57N5O4S5. The molecule has 2 amide bonds. The minimum Gasteiger partial charge on any atom is -0.444 e. The zero-order valence-electron chi connectivity index (χ0n) is 31.4. The van der Waals surface area contributed by atoms with E-state index in [2.05, 4.69) is 41.4 Å². The maximum atomic E-state index is 12.2. The van der Waals surface area contributed by atoms with Crippen molar-refractivity contribution in [1.29, 1.82) is 0 Å². The first-order valence-corrected chi connectivity index (χ1v) is 22.3. The number of hydrogen-bond donors (Lipinski definition) is 1. The van der Waals surface area contributed by atoms with Gasteiger partial charge in [-0.15, -0.1) is 0 Å². The van der Waals surface area contributed by atoms with E-state index in [-0.39, 0.29) is 12.2 Å². The molecule has 0 bridgehead atoms. The van der Waals surface area contributed by atoms with Gasteiger partial charge in [-0.3, -0.25) is 0 Å². The van der Waals surface area contributed by atoms with Gasteiger partial charge in [0, 0.05) is 56.3 Å². The Kier molecular flexibility index (Phi) is 25.1. The highest BCUT2D eigenvalue weighted by atomic mass is 33.1. The van der Waals surface area contributed by atoms with E-state index >= 15 is 0 Å². The smallest absolute Gasteiger partial charge is 0.410 e. The van der Waals surface area contributed by atoms with Crippen LogP contribution in [0.3, 0.4) is 0 Å². The summed E-state index contributed by atoms with van der Waals surface area (Å²) in [6, 6.07) is 17.6. The Morgan fingerprint density at radius 1 is 0.627 bits per heavy atom. The summed E-state index contributed by atoms with van der Waals surface area (Å²) in [6.45, 7) is 18.4. The SMILES string of the molecule is CCCCN(CCS)C(=O)OC(C)(C)C.CCCCN(CCSSc1ccccn1)C(=O)OC(C)(C)C.c1ccc(SSc2ccccn2)nc1. The van der Waals surface area contributed by atoms with Crippen LogP contribution in [-0.2, 0) is 9.47 Å². The molecule has 0 aromatic carbocycles. The summed E-state index contributed by atoms with van der Waals surface area (Å²) in [5.74, 6) is 1.52. The van der Waals surface area contributed by atoms with E-state index in [9.17, 15) is 9.59 Å². The highest BCUT2D eigenvalue weighted by Gasteiger charge is 2.22. The molecule has 51 heavy (non-hydrogen) atoms. The molecule has 3 heterocycles. The first-order valence-electron chi connectivity index (χ1n) is 17.2. The minimum atomic E-state index is -0.447. The molecule has 3 aromatic rings. The van der Waals surface area contributed by atoms with Gasteiger partial charge in [-0.25, -0.2) is 24.5 Å². The molecule has 0 atom stereocenters. The van der Waals surface area contributed by atoms with Crippen LogP contribution in [0.1, 0.15) is 81.1 Å². The first-order chi connectivity index (χ1) is 24.3. The second-order valence-electron chi connectivity index (χ2n) is 12.9. The van der Waals surface area contributed by atoms with Crippen molar-refractivity contribution >= 4 is 68.0 Å². The van der Waals surface area contributed by atoms with E-state index in [1.165, 1.54) is 0 Å². The summed E-state index contributed by atoms with van der Waals surface area (Å²) in [5, 5.41) is 3.00. The Bertz CT molecular complexity index is 1280. The molecule has 0 fully saturated rings. The number of hydrogen-bond acceptors (Lipinski definition) is 12. The van der Waals surface area contributed by atoms with Crippen molar-refractivity contribution in [2.24, 2.45) is 0 Å². The summed E-state index contributed by atoms with van der Waals surface area (Å²) < 4.78 is 10.8. The molecule has 3 aromatic heterocycles. The second kappa shape index (κ2) is 27.4. The van der Waals surface area contributed by atoms with E-state index in [4.69, 9.17) is 9.47 Å². The number of carbonyl (C=O) groups is 2. The number of carbonyl (C=O) groups excluding carboxylic acids is 2. The van der Waals surface area contributed by atoms with Gasteiger partial charge >= 0.3 is 12.2 Å². The normalized spacial score (nSPS) is 10.9. The third-order valence-corrected chi connectivity index (χ3v) is 10.6. The van der Waals surface area contributed by atoms with Crippen molar-refractivity contribution in [1.82, 2.24) is 24.8 Å². The molecule has 0 saturated carbocycles. The quantitative estimate of drug-likeness (QED) is 0.0852. The van der Waals surface area contributed by atoms with Crippen LogP contribution in [0.2, 0.25) is 0 Å².